The second kappa shape index (κ2) is 6.36. The Labute approximate surface area is 118 Å². The third-order valence-electron chi connectivity index (χ3n) is 3.51. The highest BCUT2D eigenvalue weighted by molar-refractivity contribution is 5.81. The lowest BCUT2D eigenvalue weighted by molar-refractivity contribution is -0.119. The molecule has 0 heterocycles. The van der Waals surface area contributed by atoms with E-state index >= 15 is 0 Å². The van der Waals surface area contributed by atoms with Crippen LogP contribution in [0.3, 0.4) is 0 Å². The van der Waals surface area contributed by atoms with Crippen LogP contribution in [0, 0.1) is 25.2 Å². The van der Waals surface area contributed by atoms with Crippen LogP contribution in [-0.4, -0.2) is 5.78 Å². The Morgan fingerprint density at radius 3 is 2.32 bits per heavy atom. The maximum absolute atomic E-state index is 12.1. The lowest BCUT2D eigenvalue weighted by Crippen LogP contribution is -2.15. The first-order valence-corrected chi connectivity index (χ1v) is 7.25. The van der Waals surface area contributed by atoms with Gasteiger partial charge in [0.15, 0.2) is 0 Å². The van der Waals surface area contributed by atoms with Crippen molar-refractivity contribution in [3.8, 4) is 0 Å². The fourth-order valence-electron chi connectivity index (χ4n) is 2.72. The molecule has 0 bridgehead atoms. The van der Waals surface area contributed by atoms with Gasteiger partial charge in [0.2, 0.25) is 0 Å². The molecule has 0 saturated heterocycles. The van der Waals surface area contributed by atoms with E-state index < -0.39 is 0 Å². The summed E-state index contributed by atoms with van der Waals surface area (Å²) in [5.74, 6) is 0.832. The Balaban J connectivity index is 2.53. The van der Waals surface area contributed by atoms with Crippen molar-refractivity contribution < 1.29 is 4.79 Å². The molecule has 0 aliphatic heterocycles. The first-order chi connectivity index (χ1) is 8.67. The molecule has 0 amide bonds. The van der Waals surface area contributed by atoms with Gasteiger partial charge in [-0.05, 0) is 48.3 Å². The van der Waals surface area contributed by atoms with E-state index in [1.165, 1.54) is 11.1 Å². The number of carbonyl (C=O) groups is 1. The van der Waals surface area contributed by atoms with Crippen LogP contribution in [0.2, 0.25) is 0 Å². The number of Topliss-reactive ketones (excluding diaryl/α,β-unsaturated/α-hetero) is 1. The molecule has 0 aliphatic rings. The molecular formula is C18H28O. The summed E-state index contributed by atoms with van der Waals surface area (Å²) < 4.78 is 0. The van der Waals surface area contributed by atoms with E-state index in [0.29, 0.717) is 30.0 Å². The van der Waals surface area contributed by atoms with Crippen LogP contribution in [0.5, 0.6) is 0 Å². The molecule has 0 saturated carbocycles. The van der Waals surface area contributed by atoms with Crippen molar-refractivity contribution in [3.63, 3.8) is 0 Å². The Morgan fingerprint density at radius 2 is 1.79 bits per heavy atom. The molecule has 0 aliphatic carbocycles. The van der Waals surface area contributed by atoms with Gasteiger partial charge in [-0.2, -0.15) is 0 Å². The average Bonchev–Trinajstić information content (AvgIpc) is 2.20. The van der Waals surface area contributed by atoms with Crippen LogP contribution < -0.4 is 0 Å². The second-order valence-corrected chi connectivity index (χ2v) is 7.21. The molecular weight excluding hydrogens is 232 g/mol. The number of hydrogen-bond donors (Lipinski definition) is 0. The van der Waals surface area contributed by atoms with Crippen LogP contribution in [0.25, 0.3) is 0 Å². The van der Waals surface area contributed by atoms with Crippen molar-refractivity contribution in [2.75, 3.05) is 0 Å². The fraction of sp³-hybridized carbons (Fsp3) is 0.611. The Hall–Kier alpha value is -1.11. The highest BCUT2D eigenvalue weighted by atomic mass is 16.1. The van der Waals surface area contributed by atoms with Gasteiger partial charge in [-0.15, -0.1) is 0 Å². The summed E-state index contributed by atoms with van der Waals surface area (Å²) >= 11 is 0. The van der Waals surface area contributed by atoms with E-state index in [4.69, 9.17) is 0 Å². The van der Waals surface area contributed by atoms with Crippen LogP contribution in [0.1, 0.15) is 57.2 Å². The quantitative estimate of drug-likeness (QED) is 0.737. The van der Waals surface area contributed by atoms with Gasteiger partial charge in [-0.1, -0.05) is 45.9 Å². The van der Waals surface area contributed by atoms with E-state index in [0.717, 1.165) is 12.0 Å². The number of ketones is 1. The fourth-order valence-corrected chi connectivity index (χ4v) is 2.72. The molecule has 1 aromatic rings. The van der Waals surface area contributed by atoms with Crippen molar-refractivity contribution in [2.24, 2.45) is 11.3 Å². The maximum atomic E-state index is 12.1. The van der Waals surface area contributed by atoms with Crippen molar-refractivity contribution in [1.82, 2.24) is 0 Å². The normalized spacial score (nSPS) is 13.4. The Bertz CT molecular complexity index is 437. The molecule has 0 spiro atoms. The van der Waals surface area contributed by atoms with Crippen LogP contribution >= 0.6 is 0 Å². The number of rotatable bonds is 5. The largest absolute Gasteiger partial charge is 0.299 e. The predicted molar refractivity (Wildman–Crippen MR) is 82.5 cm³/mol. The van der Waals surface area contributed by atoms with E-state index in [1.54, 1.807) is 0 Å². The molecule has 1 rings (SSSR count). The van der Waals surface area contributed by atoms with Crippen LogP contribution in [0.15, 0.2) is 18.2 Å². The summed E-state index contributed by atoms with van der Waals surface area (Å²) in [5.41, 5.74) is 4.02. The number of hydrogen-bond acceptors (Lipinski definition) is 1. The van der Waals surface area contributed by atoms with Crippen molar-refractivity contribution in [2.45, 2.75) is 60.8 Å². The number of benzene rings is 1. The molecule has 1 nitrogen and oxygen atoms in total. The summed E-state index contributed by atoms with van der Waals surface area (Å²) in [6.45, 7) is 13.1. The van der Waals surface area contributed by atoms with E-state index in [-0.39, 0.29) is 0 Å². The van der Waals surface area contributed by atoms with Gasteiger partial charge in [0.05, 0.1) is 0 Å². The van der Waals surface area contributed by atoms with Gasteiger partial charge in [0.1, 0.15) is 5.78 Å². The summed E-state index contributed by atoms with van der Waals surface area (Å²) in [6.07, 6.45) is 2.38. The average molecular weight is 260 g/mol. The molecule has 19 heavy (non-hydrogen) atoms. The minimum atomic E-state index is 0.306. The molecule has 1 unspecified atom stereocenters. The predicted octanol–water partition coefficient (Wildman–Crippen LogP) is 4.88. The first-order valence-electron chi connectivity index (χ1n) is 7.25. The lowest BCUT2D eigenvalue weighted by atomic mass is 9.83. The highest BCUT2D eigenvalue weighted by Gasteiger charge is 2.17. The lowest BCUT2D eigenvalue weighted by Gasteiger charge is -2.22. The first kappa shape index (κ1) is 15.9. The van der Waals surface area contributed by atoms with Crippen LogP contribution in [-0.2, 0) is 11.2 Å². The smallest absolute Gasteiger partial charge is 0.137 e. The third-order valence-corrected chi connectivity index (χ3v) is 3.51. The van der Waals surface area contributed by atoms with E-state index in [9.17, 15) is 4.79 Å². The highest BCUT2D eigenvalue weighted by Crippen LogP contribution is 2.26. The monoisotopic (exact) mass is 260 g/mol. The maximum Gasteiger partial charge on any atom is 0.137 e. The zero-order valence-corrected chi connectivity index (χ0v) is 13.3. The van der Waals surface area contributed by atoms with Gasteiger partial charge >= 0.3 is 0 Å². The summed E-state index contributed by atoms with van der Waals surface area (Å²) in [5, 5.41) is 0. The zero-order chi connectivity index (χ0) is 14.6. The molecule has 0 N–H and O–H groups in total. The van der Waals surface area contributed by atoms with Gasteiger partial charge in [-0.25, -0.2) is 0 Å². The number of carbonyl (C=O) groups excluding carboxylic acids is 1. The van der Waals surface area contributed by atoms with E-state index in [1.807, 2.05) is 0 Å². The third kappa shape index (κ3) is 6.04. The molecule has 0 radical (unpaired) electrons. The van der Waals surface area contributed by atoms with Crippen LogP contribution in [0.4, 0.5) is 0 Å². The van der Waals surface area contributed by atoms with Gasteiger partial charge in [-0.3, -0.25) is 4.79 Å². The SMILES string of the molecule is Cc1ccc(CC(=O)CC(C)CC(C)(C)C)cc1C. The summed E-state index contributed by atoms with van der Waals surface area (Å²) in [6, 6.07) is 6.33. The van der Waals surface area contributed by atoms with Crippen molar-refractivity contribution in [3.05, 3.63) is 34.9 Å². The Morgan fingerprint density at radius 1 is 1.16 bits per heavy atom. The zero-order valence-electron chi connectivity index (χ0n) is 13.3. The van der Waals surface area contributed by atoms with Crippen molar-refractivity contribution >= 4 is 5.78 Å². The Kier molecular flexibility index (Phi) is 5.34. The number of aryl methyl sites for hydroxylation is 2. The minimum absolute atomic E-state index is 0.306. The second-order valence-electron chi connectivity index (χ2n) is 7.21. The van der Waals surface area contributed by atoms with E-state index in [2.05, 4.69) is 59.7 Å². The molecule has 1 heteroatoms. The molecule has 1 aromatic carbocycles. The minimum Gasteiger partial charge on any atom is -0.299 e. The summed E-state index contributed by atoms with van der Waals surface area (Å²) in [7, 11) is 0. The topological polar surface area (TPSA) is 17.1 Å². The van der Waals surface area contributed by atoms with Gasteiger partial charge in [0, 0.05) is 12.8 Å². The van der Waals surface area contributed by atoms with Gasteiger partial charge < -0.3 is 0 Å². The standard InChI is InChI=1S/C18H28O/c1-13(12-18(4,5)6)9-17(19)11-16-8-7-14(2)15(3)10-16/h7-8,10,13H,9,11-12H2,1-6H3. The summed E-state index contributed by atoms with van der Waals surface area (Å²) in [4.78, 5) is 12.1. The molecule has 0 fully saturated rings. The molecule has 0 aromatic heterocycles. The van der Waals surface area contributed by atoms with Gasteiger partial charge in [0.25, 0.3) is 0 Å². The molecule has 106 valence electrons. The molecule has 1 atom stereocenters. The van der Waals surface area contributed by atoms with Crippen molar-refractivity contribution in [1.29, 1.82) is 0 Å².